The van der Waals surface area contributed by atoms with E-state index >= 15 is 0 Å². The first-order valence-electron chi connectivity index (χ1n) is 7.37. The minimum Gasteiger partial charge on any atom is -0.399 e. The highest BCUT2D eigenvalue weighted by atomic mass is 15.1. The van der Waals surface area contributed by atoms with Crippen molar-refractivity contribution in [2.45, 2.75) is 38.8 Å². The van der Waals surface area contributed by atoms with E-state index < -0.39 is 0 Å². The van der Waals surface area contributed by atoms with Crippen LogP contribution in [0.15, 0.2) is 18.2 Å². The van der Waals surface area contributed by atoms with Crippen molar-refractivity contribution in [3.8, 4) is 0 Å². The fourth-order valence-corrected chi connectivity index (χ4v) is 4.55. The Labute approximate surface area is 109 Å². The van der Waals surface area contributed by atoms with Gasteiger partial charge < -0.3 is 5.73 Å². The molecule has 2 bridgehead atoms. The van der Waals surface area contributed by atoms with Gasteiger partial charge in [0.2, 0.25) is 0 Å². The van der Waals surface area contributed by atoms with Crippen molar-refractivity contribution >= 4 is 5.69 Å². The predicted octanol–water partition coefficient (Wildman–Crippen LogP) is 3.02. The fourth-order valence-electron chi connectivity index (χ4n) is 4.55. The molecule has 0 spiro atoms. The molecule has 3 atom stereocenters. The highest BCUT2D eigenvalue weighted by Gasteiger charge is 2.40. The smallest absolute Gasteiger partial charge is 0.0317 e. The van der Waals surface area contributed by atoms with Crippen LogP contribution in [0.5, 0.6) is 0 Å². The van der Waals surface area contributed by atoms with Crippen LogP contribution in [0.3, 0.4) is 0 Å². The molecule has 0 saturated heterocycles. The molecule has 18 heavy (non-hydrogen) atoms. The second kappa shape index (κ2) is 3.99. The summed E-state index contributed by atoms with van der Waals surface area (Å²) in [7, 11) is 0. The molecular weight excluding hydrogens is 220 g/mol. The van der Waals surface area contributed by atoms with Crippen molar-refractivity contribution < 1.29 is 0 Å². The normalized spacial score (nSPS) is 34.1. The van der Waals surface area contributed by atoms with Gasteiger partial charge in [0.05, 0.1) is 0 Å². The summed E-state index contributed by atoms with van der Waals surface area (Å²) in [5, 5.41) is 0. The van der Waals surface area contributed by atoms with Crippen LogP contribution in [-0.4, -0.2) is 11.4 Å². The lowest BCUT2D eigenvalue weighted by Gasteiger charge is -2.26. The molecule has 0 aromatic heterocycles. The summed E-state index contributed by atoms with van der Waals surface area (Å²) in [4.78, 5) is 2.63. The largest absolute Gasteiger partial charge is 0.399 e. The summed E-state index contributed by atoms with van der Waals surface area (Å²) in [5.74, 6) is 3.10. The topological polar surface area (TPSA) is 29.3 Å². The summed E-state index contributed by atoms with van der Waals surface area (Å²) < 4.78 is 0. The third-order valence-corrected chi connectivity index (χ3v) is 5.40. The monoisotopic (exact) mass is 242 g/mol. The van der Waals surface area contributed by atoms with E-state index in [-0.39, 0.29) is 0 Å². The van der Waals surface area contributed by atoms with E-state index in [0.29, 0.717) is 0 Å². The third-order valence-electron chi connectivity index (χ3n) is 5.40. The summed E-state index contributed by atoms with van der Waals surface area (Å²) >= 11 is 0. The molecule has 2 nitrogen and oxygen atoms in total. The number of hydrogen-bond acceptors (Lipinski definition) is 2. The van der Waals surface area contributed by atoms with Gasteiger partial charge in [-0.15, -0.1) is 0 Å². The quantitative estimate of drug-likeness (QED) is 0.808. The van der Waals surface area contributed by atoms with Crippen molar-refractivity contribution in [2.75, 3.05) is 12.3 Å². The number of nitrogen functional groups attached to an aromatic ring is 1. The Morgan fingerprint density at radius 2 is 2.00 bits per heavy atom. The first-order chi connectivity index (χ1) is 8.78. The van der Waals surface area contributed by atoms with Crippen LogP contribution >= 0.6 is 0 Å². The maximum absolute atomic E-state index is 5.87. The van der Waals surface area contributed by atoms with Crippen molar-refractivity contribution in [2.24, 2.45) is 17.8 Å². The van der Waals surface area contributed by atoms with E-state index in [2.05, 4.69) is 17.0 Å². The molecule has 2 saturated carbocycles. The highest BCUT2D eigenvalue weighted by molar-refractivity contribution is 5.46. The number of anilines is 1. The number of hydrogen-bond donors (Lipinski definition) is 1. The van der Waals surface area contributed by atoms with Gasteiger partial charge in [0.15, 0.2) is 0 Å². The molecule has 1 aromatic rings. The summed E-state index contributed by atoms with van der Waals surface area (Å²) in [6, 6.07) is 6.42. The zero-order chi connectivity index (χ0) is 12.1. The molecule has 4 rings (SSSR count). The molecular formula is C16H22N2. The van der Waals surface area contributed by atoms with Crippen LogP contribution in [0.2, 0.25) is 0 Å². The van der Waals surface area contributed by atoms with Crippen molar-refractivity contribution in [3.05, 3.63) is 29.3 Å². The van der Waals surface area contributed by atoms with E-state index in [1.807, 2.05) is 6.07 Å². The summed E-state index contributed by atoms with van der Waals surface area (Å²) in [6.07, 6.45) is 6.04. The second-order valence-electron chi connectivity index (χ2n) is 6.63. The van der Waals surface area contributed by atoms with Gasteiger partial charge in [0.25, 0.3) is 0 Å². The lowest BCUT2D eigenvalue weighted by Crippen LogP contribution is -2.27. The van der Waals surface area contributed by atoms with Crippen LogP contribution in [0.1, 0.15) is 36.8 Å². The van der Waals surface area contributed by atoms with Gasteiger partial charge in [-0.05, 0) is 60.3 Å². The average Bonchev–Trinajstić information content (AvgIpc) is 3.02. The van der Waals surface area contributed by atoms with Crippen LogP contribution < -0.4 is 5.73 Å². The van der Waals surface area contributed by atoms with E-state index in [1.54, 1.807) is 0 Å². The molecule has 2 aliphatic carbocycles. The fraction of sp³-hybridized carbons (Fsp3) is 0.625. The number of nitrogens with two attached hydrogens (primary N) is 1. The number of fused-ring (bicyclic) bond motifs is 3. The average molecular weight is 242 g/mol. The van der Waals surface area contributed by atoms with Crippen LogP contribution in [0.25, 0.3) is 0 Å². The van der Waals surface area contributed by atoms with Crippen LogP contribution in [-0.2, 0) is 13.1 Å². The Bertz CT molecular complexity index is 468. The summed E-state index contributed by atoms with van der Waals surface area (Å²) in [6.45, 7) is 3.58. The van der Waals surface area contributed by atoms with Gasteiger partial charge in [0.1, 0.15) is 0 Å². The molecule has 96 valence electrons. The number of benzene rings is 1. The number of rotatable bonds is 2. The molecule has 1 heterocycles. The Hall–Kier alpha value is -1.02. The third kappa shape index (κ3) is 1.74. The highest BCUT2D eigenvalue weighted by Crippen LogP contribution is 2.48. The van der Waals surface area contributed by atoms with Gasteiger partial charge in [-0.1, -0.05) is 12.5 Å². The van der Waals surface area contributed by atoms with Crippen LogP contribution in [0, 0.1) is 17.8 Å². The SMILES string of the molecule is Nc1ccc2c(c1)CN(CC1CC3CCC1C3)C2. The minimum atomic E-state index is 0.913. The molecule has 2 N–H and O–H groups in total. The van der Waals surface area contributed by atoms with E-state index in [0.717, 1.165) is 36.5 Å². The van der Waals surface area contributed by atoms with Gasteiger partial charge >= 0.3 is 0 Å². The Morgan fingerprint density at radius 1 is 1.11 bits per heavy atom. The molecule has 1 aliphatic heterocycles. The standard InChI is InChI=1S/C16H22N2/c17-16-4-3-13-8-18(10-15(13)7-16)9-14-6-11-1-2-12(14)5-11/h3-4,7,11-12,14H,1-2,5-6,8-10,17H2. The molecule has 0 radical (unpaired) electrons. The minimum absolute atomic E-state index is 0.913. The molecule has 1 aromatic carbocycles. The van der Waals surface area contributed by atoms with E-state index in [1.165, 1.54) is 43.4 Å². The molecule has 2 fully saturated rings. The van der Waals surface area contributed by atoms with Gasteiger partial charge in [-0.25, -0.2) is 0 Å². The maximum atomic E-state index is 5.87. The zero-order valence-corrected chi connectivity index (χ0v) is 10.9. The lowest BCUT2D eigenvalue weighted by molar-refractivity contribution is 0.191. The molecule has 0 amide bonds. The van der Waals surface area contributed by atoms with E-state index in [4.69, 9.17) is 5.73 Å². The maximum Gasteiger partial charge on any atom is 0.0317 e. The van der Waals surface area contributed by atoms with Crippen molar-refractivity contribution in [1.82, 2.24) is 4.90 Å². The lowest BCUT2D eigenvalue weighted by atomic mass is 9.88. The van der Waals surface area contributed by atoms with Crippen LogP contribution in [0.4, 0.5) is 5.69 Å². The molecule has 3 aliphatic rings. The Morgan fingerprint density at radius 3 is 2.78 bits per heavy atom. The van der Waals surface area contributed by atoms with Gasteiger partial charge in [-0.3, -0.25) is 4.90 Å². The van der Waals surface area contributed by atoms with Gasteiger partial charge in [0, 0.05) is 25.3 Å². The van der Waals surface area contributed by atoms with Gasteiger partial charge in [-0.2, -0.15) is 0 Å². The second-order valence-corrected chi connectivity index (χ2v) is 6.63. The first-order valence-corrected chi connectivity index (χ1v) is 7.37. The zero-order valence-electron chi connectivity index (χ0n) is 10.9. The first kappa shape index (κ1) is 10.9. The predicted molar refractivity (Wildman–Crippen MR) is 73.9 cm³/mol. The molecule has 3 unspecified atom stereocenters. The Balaban J connectivity index is 1.44. The molecule has 2 heteroatoms. The van der Waals surface area contributed by atoms with E-state index in [9.17, 15) is 0 Å². The van der Waals surface area contributed by atoms with Crippen molar-refractivity contribution in [3.63, 3.8) is 0 Å². The Kier molecular flexibility index (Phi) is 2.41. The summed E-state index contributed by atoms with van der Waals surface area (Å²) in [5.41, 5.74) is 9.73. The van der Waals surface area contributed by atoms with Crippen molar-refractivity contribution in [1.29, 1.82) is 0 Å². The number of nitrogens with zero attached hydrogens (tertiary/aromatic N) is 1.